The maximum atomic E-state index is 5.63. The van der Waals surface area contributed by atoms with Gasteiger partial charge in [-0.3, -0.25) is 0 Å². The Balaban J connectivity index is 2.21. The van der Waals surface area contributed by atoms with Gasteiger partial charge in [0.25, 0.3) is 0 Å². The van der Waals surface area contributed by atoms with Crippen molar-refractivity contribution in [3.8, 4) is 0 Å². The van der Waals surface area contributed by atoms with Gasteiger partial charge in [-0.2, -0.15) is 0 Å². The van der Waals surface area contributed by atoms with Crippen LogP contribution in [-0.4, -0.2) is 28.2 Å². The predicted octanol–water partition coefficient (Wildman–Crippen LogP) is 1.69. The first-order valence-electron chi connectivity index (χ1n) is 6.82. The van der Waals surface area contributed by atoms with E-state index in [9.17, 15) is 0 Å². The van der Waals surface area contributed by atoms with Gasteiger partial charge in [-0.05, 0) is 26.7 Å². The quantitative estimate of drug-likeness (QED) is 0.555. The number of aromatic nitrogens is 2. The number of nitrogens with two attached hydrogens (primary N) is 1. The molecular formula is C13H23N5O. The molecule has 1 aromatic rings. The van der Waals surface area contributed by atoms with Crippen LogP contribution in [0.1, 0.15) is 39.4 Å². The van der Waals surface area contributed by atoms with Crippen molar-refractivity contribution in [2.45, 2.75) is 51.7 Å². The molecule has 0 saturated carbocycles. The molecule has 106 valence electrons. The van der Waals surface area contributed by atoms with Gasteiger partial charge in [0.15, 0.2) is 0 Å². The van der Waals surface area contributed by atoms with Gasteiger partial charge in [0.2, 0.25) is 0 Å². The van der Waals surface area contributed by atoms with Crippen LogP contribution in [-0.2, 0) is 11.2 Å². The van der Waals surface area contributed by atoms with Crippen LogP contribution in [0.5, 0.6) is 0 Å². The molecule has 1 aliphatic rings. The zero-order chi connectivity index (χ0) is 13.9. The van der Waals surface area contributed by atoms with E-state index in [4.69, 9.17) is 10.6 Å². The molecule has 0 amide bonds. The number of rotatable bonds is 5. The summed E-state index contributed by atoms with van der Waals surface area (Å²) in [4.78, 5) is 8.88. The zero-order valence-electron chi connectivity index (χ0n) is 11.9. The molecule has 2 unspecified atom stereocenters. The average Bonchev–Trinajstić information content (AvgIpc) is 2.69. The van der Waals surface area contributed by atoms with Gasteiger partial charge in [0.05, 0.1) is 11.6 Å². The van der Waals surface area contributed by atoms with Crippen LogP contribution in [0.15, 0.2) is 6.07 Å². The van der Waals surface area contributed by atoms with E-state index in [0.717, 1.165) is 37.5 Å². The average molecular weight is 265 g/mol. The van der Waals surface area contributed by atoms with Crippen molar-refractivity contribution in [1.82, 2.24) is 9.97 Å². The van der Waals surface area contributed by atoms with Gasteiger partial charge in [0, 0.05) is 19.1 Å². The minimum absolute atomic E-state index is 0.0935. The van der Waals surface area contributed by atoms with Gasteiger partial charge in [0.1, 0.15) is 17.5 Å². The highest BCUT2D eigenvalue weighted by Gasteiger charge is 2.37. The Morgan fingerprint density at radius 2 is 2.21 bits per heavy atom. The molecule has 0 radical (unpaired) electrons. The van der Waals surface area contributed by atoms with Crippen molar-refractivity contribution in [1.29, 1.82) is 0 Å². The molecule has 0 bridgehead atoms. The second-order valence-electron chi connectivity index (χ2n) is 5.25. The molecule has 6 nitrogen and oxygen atoms in total. The standard InChI is InChI=1S/C13H23N5O/c1-4-5-10-15-11(8-12(16-10)18-14)17-13(3)6-7-19-9(13)2/h8-9H,4-7,14H2,1-3H3,(H2,15,16,17,18). The lowest BCUT2D eigenvalue weighted by atomic mass is 9.95. The molecule has 1 saturated heterocycles. The first-order chi connectivity index (χ1) is 9.07. The van der Waals surface area contributed by atoms with Crippen molar-refractivity contribution in [3.05, 3.63) is 11.9 Å². The molecule has 1 aliphatic heterocycles. The normalized spacial score (nSPS) is 26.4. The Kier molecular flexibility index (Phi) is 4.21. The number of ether oxygens (including phenoxy) is 1. The summed E-state index contributed by atoms with van der Waals surface area (Å²) >= 11 is 0. The summed E-state index contributed by atoms with van der Waals surface area (Å²) in [7, 11) is 0. The monoisotopic (exact) mass is 265 g/mol. The Labute approximate surface area is 114 Å². The van der Waals surface area contributed by atoms with Crippen LogP contribution in [0, 0.1) is 0 Å². The lowest BCUT2D eigenvalue weighted by Crippen LogP contribution is -2.41. The molecule has 6 heteroatoms. The lowest BCUT2D eigenvalue weighted by molar-refractivity contribution is 0.105. The Morgan fingerprint density at radius 3 is 2.79 bits per heavy atom. The SMILES string of the molecule is CCCc1nc(NN)cc(NC2(C)CCOC2C)n1. The largest absolute Gasteiger partial charge is 0.376 e. The van der Waals surface area contributed by atoms with Gasteiger partial charge in [-0.25, -0.2) is 15.8 Å². The van der Waals surface area contributed by atoms with Gasteiger partial charge in [-0.1, -0.05) is 6.92 Å². The number of nitrogens with zero attached hydrogens (tertiary/aromatic N) is 2. The Bertz CT molecular complexity index is 439. The number of anilines is 2. The second-order valence-corrected chi connectivity index (χ2v) is 5.25. The summed E-state index contributed by atoms with van der Waals surface area (Å²) in [5, 5.41) is 3.47. The maximum absolute atomic E-state index is 5.63. The first kappa shape index (κ1) is 14.0. The van der Waals surface area contributed by atoms with Crippen LogP contribution in [0.3, 0.4) is 0 Å². The van der Waals surface area contributed by atoms with E-state index >= 15 is 0 Å². The second kappa shape index (κ2) is 5.71. The number of hydrogen-bond donors (Lipinski definition) is 3. The fraction of sp³-hybridized carbons (Fsp3) is 0.692. The number of hydrazine groups is 1. The number of aryl methyl sites for hydroxylation is 1. The van der Waals surface area contributed by atoms with E-state index in [0.29, 0.717) is 5.82 Å². The lowest BCUT2D eigenvalue weighted by Gasteiger charge is -2.29. The topological polar surface area (TPSA) is 85.1 Å². The number of nitrogens with one attached hydrogen (secondary N) is 2. The summed E-state index contributed by atoms with van der Waals surface area (Å²) in [6.45, 7) is 7.12. The summed E-state index contributed by atoms with van der Waals surface area (Å²) in [5.41, 5.74) is 2.50. The van der Waals surface area contributed by atoms with Gasteiger partial charge >= 0.3 is 0 Å². The van der Waals surface area contributed by atoms with Crippen LogP contribution < -0.4 is 16.6 Å². The molecular weight excluding hydrogens is 242 g/mol. The van der Waals surface area contributed by atoms with Gasteiger partial charge < -0.3 is 15.5 Å². The van der Waals surface area contributed by atoms with Crippen molar-refractivity contribution in [2.24, 2.45) is 5.84 Å². The van der Waals surface area contributed by atoms with E-state index < -0.39 is 0 Å². The number of hydrogen-bond acceptors (Lipinski definition) is 6. The maximum Gasteiger partial charge on any atom is 0.145 e. The minimum atomic E-state index is -0.0935. The highest BCUT2D eigenvalue weighted by molar-refractivity contribution is 5.48. The van der Waals surface area contributed by atoms with Crippen molar-refractivity contribution < 1.29 is 4.74 Å². The van der Waals surface area contributed by atoms with Crippen LogP contribution in [0.2, 0.25) is 0 Å². The third-order valence-corrected chi connectivity index (χ3v) is 3.69. The molecule has 2 atom stereocenters. The zero-order valence-corrected chi connectivity index (χ0v) is 11.9. The fourth-order valence-corrected chi connectivity index (χ4v) is 2.26. The smallest absolute Gasteiger partial charge is 0.145 e. The summed E-state index contributed by atoms with van der Waals surface area (Å²) in [5.74, 6) is 7.69. The van der Waals surface area contributed by atoms with Crippen LogP contribution in [0.25, 0.3) is 0 Å². The van der Waals surface area contributed by atoms with Crippen LogP contribution in [0.4, 0.5) is 11.6 Å². The van der Waals surface area contributed by atoms with E-state index in [2.05, 4.69) is 41.5 Å². The molecule has 1 aromatic heterocycles. The van der Waals surface area contributed by atoms with Crippen LogP contribution >= 0.6 is 0 Å². The predicted molar refractivity (Wildman–Crippen MR) is 75.9 cm³/mol. The Hall–Kier alpha value is -1.40. The van der Waals surface area contributed by atoms with E-state index in [1.165, 1.54) is 0 Å². The molecule has 0 aromatic carbocycles. The van der Waals surface area contributed by atoms with E-state index in [1.807, 2.05) is 6.07 Å². The van der Waals surface area contributed by atoms with Crippen molar-refractivity contribution in [2.75, 3.05) is 17.3 Å². The van der Waals surface area contributed by atoms with Crippen molar-refractivity contribution >= 4 is 11.6 Å². The molecule has 2 rings (SSSR count). The van der Waals surface area contributed by atoms with Gasteiger partial charge in [-0.15, -0.1) is 0 Å². The highest BCUT2D eigenvalue weighted by Crippen LogP contribution is 2.29. The third kappa shape index (κ3) is 3.13. The molecule has 19 heavy (non-hydrogen) atoms. The van der Waals surface area contributed by atoms with E-state index in [1.54, 1.807) is 0 Å². The summed E-state index contributed by atoms with van der Waals surface area (Å²) < 4.78 is 5.63. The molecule has 0 spiro atoms. The molecule has 1 fully saturated rings. The Morgan fingerprint density at radius 1 is 1.47 bits per heavy atom. The van der Waals surface area contributed by atoms with Crippen molar-refractivity contribution in [3.63, 3.8) is 0 Å². The molecule has 0 aliphatic carbocycles. The highest BCUT2D eigenvalue weighted by atomic mass is 16.5. The van der Waals surface area contributed by atoms with E-state index in [-0.39, 0.29) is 11.6 Å². The number of nitrogen functional groups attached to an aromatic ring is 1. The third-order valence-electron chi connectivity index (χ3n) is 3.69. The summed E-state index contributed by atoms with van der Waals surface area (Å²) in [6, 6.07) is 1.83. The minimum Gasteiger partial charge on any atom is -0.376 e. The molecule has 2 heterocycles. The first-order valence-corrected chi connectivity index (χ1v) is 6.82. The molecule has 4 N–H and O–H groups in total. The fourth-order valence-electron chi connectivity index (χ4n) is 2.26. The summed E-state index contributed by atoms with van der Waals surface area (Å²) in [6.07, 6.45) is 2.97.